The summed E-state index contributed by atoms with van der Waals surface area (Å²) in [6.45, 7) is 5.23. The largest absolute Gasteiger partial charge is 0.334 e. The molecule has 128 valence electrons. The third-order valence-electron chi connectivity index (χ3n) is 4.21. The van der Waals surface area contributed by atoms with Crippen LogP contribution in [0.25, 0.3) is 0 Å². The summed E-state index contributed by atoms with van der Waals surface area (Å²) in [5.74, 6) is 0. The van der Waals surface area contributed by atoms with Crippen molar-refractivity contribution in [3.8, 4) is 0 Å². The number of amides is 2. The van der Waals surface area contributed by atoms with Crippen molar-refractivity contribution in [1.82, 2.24) is 15.1 Å². The van der Waals surface area contributed by atoms with Crippen LogP contribution < -0.4 is 10.6 Å². The molecular formula is C20H22N4O. The Morgan fingerprint density at radius 1 is 1.04 bits per heavy atom. The minimum absolute atomic E-state index is 0.211. The summed E-state index contributed by atoms with van der Waals surface area (Å²) in [5.41, 5.74) is 5.37. The molecule has 2 amide bonds. The van der Waals surface area contributed by atoms with Gasteiger partial charge in [0.15, 0.2) is 0 Å². The van der Waals surface area contributed by atoms with Crippen LogP contribution in [0, 0.1) is 13.8 Å². The van der Waals surface area contributed by atoms with E-state index < -0.39 is 0 Å². The lowest BCUT2D eigenvalue weighted by molar-refractivity contribution is 0.251. The van der Waals surface area contributed by atoms with Gasteiger partial charge in [0, 0.05) is 24.6 Å². The van der Waals surface area contributed by atoms with Crippen molar-refractivity contribution in [3.63, 3.8) is 0 Å². The first-order valence-corrected chi connectivity index (χ1v) is 8.28. The van der Waals surface area contributed by atoms with E-state index in [-0.39, 0.29) is 6.03 Å². The average molecular weight is 334 g/mol. The van der Waals surface area contributed by atoms with E-state index in [1.165, 1.54) is 5.56 Å². The molecule has 2 aromatic carbocycles. The van der Waals surface area contributed by atoms with Crippen LogP contribution in [0.4, 0.5) is 10.5 Å². The second kappa shape index (κ2) is 7.66. The van der Waals surface area contributed by atoms with Crippen LogP contribution in [-0.2, 0) is 13.1 Å². The molecule has 0 saturated carbocycles. The highest BCUT2D eigenvalue weighted by Crippen LogP contribution is 2.14. The van der Waals surface area contributed by atoms with Gasteiger partial charge in [-0.25, -0.2) is 4.79 Å². The van der Waals surface area contributed by atoms with Gasteiger partial charge in [-0.05, 0) is 54.3 Å². The second-order valence-corrected chi connectivity index (χ2v) is 6.08. The number of benzene rings is 2. The van der Waals surface area contributed by atoms with Gasteiger partial charge in [-0.1, -0.05) is 30.3 Å². The van der Waals surface area contributed by atoms with Crippen molar-refractivity contribution >= 4 is 11.7 Å². The van der Waals surface area contributed by atoms with Gasteiger partial charge in [-0.2, -0.15) is 5.10 Å². The molecule has 1 aromatic heterocycles. The smallest absolute Gasteiger partial charge is 0.319 e. The number of nitrogens with zero attached hydrogens (tertiary/aromatic N) is 2. The van der Waals surface area contributed by atoms with Gasteiger partial charge < -0.3 is 10.6 Å². The molecule has 2 N–H and O–H groups in total. The standard InChI is InChI=1S/C20H22N4O/c1-15-8-9-19(12-16(15)2)23-20(25)21-13-17-6-3-4-7-18(17)14-24-11-5-10-22-24/h3-12H,13-14H2,1-2H3,(H2,21,23,25). The molecule has 1 heterocycles. The van der Waals surface area contributed by atoms with Crippen molar-refractivity contribution < 1.29 is 4.79 Å². The number of aryl methyl sites for hydroxylation is 2. The minimum atomic E-state index is -0.211. The fourth-order valence-corrected chi connectivity index (χ4v) is 2.62. The van der Waals surface area contributed by atoms with Gasteiger partial charge in [0.25, 0.3) is 0 Å². The van der Waals surface area contributed by atoms with E-state index in [1.807, 2.05) is 60.3 Å². The molecule has 0 aliphatic heterocycles. The maximum atomic E-state index is 12.2. The van der Waals surface area contributed by atoms with Gasteiger partial charge in [0.1, 0.15) is 0 Å². The maximum absolute atomic E-state index is 12.2. The van der Waals surface area contributed by atoms with Crippen LogP contribution in [-0.4, -0.2) is 15.8 Å². The Morgan fingerprint density at radius 3 is 2.56 bits per heavy atom. The molecule has 0 spiro atoms. The van der Waals surface area contributed by atoms with Gasteiger partial charge in [-0.3, -0.25) is 4.68 Å². The molecule has 25 heavy (non-hydrogen) atoms. The zero-order chi connectivity index (χ0) is 17.6. The number of carbonyl (C=O) groups excluding carboxylic acids is 1. The maximum Gasteiger partial charge on any atom is 0.319 e. The fraction of sp³-hybridized carbons (Fsp3) is 0.200. The SMILES string of the molecule is Cc1ccc(NC(=O)NCc2ccccc2Cn2cccn2)cc1C. The molecule has 5 nitrogen and oxygen atoms in total. The quantitative estimate of drug-likeness (QED) is 0.744. The Morgan fingerprint density at radius 2 is 1.84 bits per heavy atom. The van der Waals surface area contributed by atoms with E-state index in [2.05, 4.69) is 28.7 Å². The molecule has 0 atom stereocenters. The Labute approximate surface area is 147 Å². The van der Waals surface area contributed by atoms with Crippen LogP contribution in [0.5, 0.6) is 0 Å². The zero-order valence-corrected chi connectivity index (χ0v) is 14.5. The lowest BCUT2D eigenvalue weighted by atomic mass is 10.1. The van der Waals surface area contributed by atoms with Crippen LogP contribution in [0.3, 0.4) is 0 Å². The molecule has 3 rings (SSSR count). The highest BCUT2D eigenvalue weighted by atomic mass is 16.2. The third kappa shape index (κ3) is 4.47. The monoisotopic (exact) mass is 334 g/mol. The lowest BCUT2D eigenvalue weighted by Crippen LogP contribution is -2.28. The van der Waals surface area contributed by atoms with Crippen LogP contribution in [0.1, 0.15) is 22.3 Å². The second-order valence-electron chi connectivity index (χ2n) is 6.08. The number of aromatic nitrogens is 2. The topological polar surface area (TPSA) is 59.0 Å². The van der Waals surface area contributed by atoms with Crippen LogP contribution >= 0.6 is 0 Å². The van der Waals surface area contributed by atoms with Gasteiger partial charge in [0.2, 0.25) is 0 Å². The zero-order valence-electron chi connectivity index (χ0n) is 14.5. The first-order valence-electron chi connectivity index (χ1n) is 8.28. The normalized spacial score (nSPS) is 10.5. The summed E-state index contributed by atoms with van der Waals surface area (Å²) in [4.78, 5) is 12.2. The summed E-state index contributed by atoms with van der Waals surface area (Å²) in [6, 6.07) is 15.6. The number of urea groups is 1. The number of nitrogens with one attached hydrogen (secondary N) is 2. The summed E-state index contributed by atoms with van der Waals surface area (Å²) < 4.78 is 1.87. The Hall–Kier alpha value is -3.08. The highest BCUT2D eigenvalue weighted by molar-refractivity contribution is 5.89. The van der Waals surface area contributed by atoms with Crippen LogP contribution in [0.15, 0.2) is 60.9 Å². The Balaban J connectivity index is 1.61. The predicted molar refractivity (Wildman–Crippen MR) is 99.5 cm³/mol. The Bertz CT molecular complexity index is 856. The van der Waals surface area contributed by atoms with Crippen molar-refractivity contribution in [2.24, 2.45) is 0 Å². The van der Waals surface area contributed by atoms with Crippen molar-refractivity contribution in [3.05, 3.63) is 83.2 Å². The van der Waals surface area contributed by atoms with E-state index in [9.17, 15) is 4.79 Å². The molecule has 0 saturated heterocycles. The third-order valence-corrected chi connectivity index (χ3v) is 4.21. The van der Waals surface area contributed by atoms with Crippen molar-refractivity contribution in [2.45, 2.75) is 26.9 Å². The van der Waals surface area contributed by atoms with Crippen molar-refractivity contribution in [1.29, 1.82) is 0 Å². The van der Waals surface area contributed by atoms with Gasteiger partial charge in [-0.15, -0.1) is 0 Å². The van der Waals surface area contributed by atoms with Crippen molar-refractivity contribution in [2.75, 3.05) is 5.32 Å². The number of carbonyl (C=O) groups is 1. The molecule has 0 aliphatic carbocycles. The molecular weight excluding hydrogens is 312 g/mol. The molecule has 5 heteroatoms. The first-order chi connectivity index (χ1) is 12.1. The average Bonchev–Trinajstić information content (AvgIpc) is 3.10. The van der Waals surface area contributed by atoms with E-state index in [4.69, 9.17) is 0 Å². The highest BCUT2D eigenvalue weighted by Gasteiger charge is 2.06. The molecule has 0 unspecified atom stereocenters. The number of rotatable bonds is 5. The minimum Gasteiger partial charge on any atom is -0.334 e. The summed E-state index contributed by atoms with van der Waals surface area (Å²) in [5, 5.41) is 10.0. The summed E-state index contributed by atoms with van der Waals surface area (Å²) >= 11 is 0. The molecule has 0 bridgehead atoms. The lowest BCUT2D eigenvalue weighted by Gasteiger charge is -2.12. The summed E-state index contributed by atoms with van der Waals surface area (Å²) in [7, 11) is 0. The molecule has 0 fully saturated rings. The van der Waals surface area contributed by atoms with E-state index >= 15 is 0 Å². The van der Waals surface area contributed by atoms with Crippen LogP contribution in [0.2, 0.25) is 0 Å². The van der Waals surface area contributed by atoms with Gasteiger partial charge in [0.05, 0.1) is 6.54 Å². The van der Waals surface area contributed by atoms with E-state index in [0.29, 0.717) is 13.1 Å². The number of anilines is 1. The van der Waals surface area contributed by atoms with Gasteiger partial charge >= 0.3 is 6.03 Å². The Kier molecular flexibility index (Phi) is 5.14. The fourth-order valence-electron chi connectivity index (χ4n) is 2.62. The number of hydrogen-bond acceptors (Lipinski definition) is 2. The number of hydrogen-bond donors (Lipinski definition) is 2. The molecule has 3 aromatic rings. The van der Waals surface area contributed by atoms with E-state index in [1.54, 1.807) is 6.20 Å². The van der Waals surface area contributed by atoms with E-state index in [0.717, 1.165) is 22.4 Å². The summed E-state index contributed by atoms with van der Waals surface area (Å²) in [6.07, 6.45) is 3.69. The molecule has 0 radical (unpaired) electrons. The molecule has 0 aliphatic rings. The predicted octanol–water partition coefficient (Wildman–Crippen LogP) is 3.87. The first kappa shape index (κ1) is 16.8.